The van der Waals surface area contributed by atoms with E-state index in [4.69, 9.17) is 14.2 Å². The molecule has 0 radical (unpaired) electrons. The number of ketones is 1. The van der Waals surface area contributed by atoms with Gasteiger partial charge in [0.1, 0.15) is 11.5 Å². The Morgan fingerprint density at radius 1 is 1.06 bits per heavy atom. The predicted octanol–water partition coefficient (Wildman–Crippen LogP) is 5.30. The number of hydrogen-bond donors (Lipinski definition) is 1. The SMILES string of the molecule is CCCC(Oc1c(-c2ccc3c(c2)CCC3=O)ccc(OC)c1OC)C1(C(=O)O)CCC1. The van der Waals surface area contributed by atoms with Crippen molar-refractivity contribution in [3.63, 3.8) is 0 Å². The monoisotopic (exact) mass is 438 g/mol. The van der Waals surface area contributed by atoms with E-state index in [9.17, 15) is 14.7 Å². The zero-order chi connectivity index (χ0) is 22.9. The summed E-state index contributed by atoms with van der Waals surface area (Å²) >= 11 is 0. The van der Waals surface area contributed by atoms with Crippen molar-refractivity contribution in [3.05, 3.63) is 41.5 Å². The molecule has 0 saturated heterocycles. The van der Waals surface area contributed by atoms with Gasteiger partial charge >= 0.3 is 5.97 Å². The summed E-state index contributed by atoms with van der Waals surface area (Å²) < 4.78 is 17.8. The van der Waals surface area contributed by atoms with Crippen molar-refractivity contribution in [3.8, 4) is 28.4 Å². The summed E-state index contributed by atoms with van der Waals surface area (Å²) in [6, 6.07) is 9.55. The van der Waals surface area contributed by atoms with Crippen LogP contribution in [0.1, 0.15) is 61.4 Å². The lowest BCUT2D eigenvalue weighted by Gasteiger charge is -2.44. The number of methoxy groups -OCH3 is 2. The van der Waals surface area contributed by atoms with Crippen molar-refractivity contribution in [2.45, 2.75) is 58.0 Å². The predicted molar refractivity (Wildman–Crippen MR) is 121 cm³/mol. The van der Waals surface area contributed by atoms with E-state index in [1.165, 1.54) is 0 Å². The number of carbonyl (C=O) groups is 2. The molecule has 1 unspecified atom stereocenters. The van der Waals surface area contributed by atoms with Crippen LogP contribution < -0.4 is 14.2 Å². The molecule has 1 N–H and O–H groups in total. The summed E-state index contributed by atoms with van der Waals surface area (Å²) in [4.78, 5) is 24.3. The minimum absolute atomic E-state index is 0.173. The Morgan fingerprint density at radius 2 is 1.81 bits per heavy atom. The Labute approximate surface area is 188 Å². The van der Waals surface area contributed by atoms with Crippen LogP contribution in [0.5, 0.6) is 17.2 Å². The molecule has 0 aliphatic heterocycles. The Hall–Kier alpha value is -3.02. The highest BCUT2D eigenvalue weighted by Gasteiger charge is 2.52. The average Bonchev–Trinajstić information content (AvgIpc) is 3.12. The summed E-state index contributed by atoms with van der Waals surface area (Å²) in [7, 11) is 3.12. The molecule has 1 saturated carbocycles. The van der Waals surface area contributed by atoms with Crippen LogP contribution in [0.3, 0.4) is 0 Å². The van der Waals surface area contributed by atoms with Gasteiger partial charge in [-0.3, -0.25) is 9.59 Å². The van der Waals surface area contributed by atoms with E-state index in [1.54, 1.807) is 14.2 Å². The van der Waals surface area contributed by atoms with E-state index < -0.39 is 17.5 Å². The number of fused-ring (bicyclic) bond motifs is 1. The van der Waals surface area contributed by atoms with Gasteiger partial charge in [-0.05, 0) is 48.9 Å². The van der Waals surface area contributed by atoms with E-state index in [0.717, 1.165) is 41.5 Å². The molecular formula is C26H30O6. The van der Waals surface area contributed by atoms with Gasteiger partial charge in [-0.1, -0.05) is 38.0 Å². The van der Waals surface area contributed by atoms with Gasteiger partial charge in [0.25, 0.3) is 0 Å². The Bertz CT molecular complexity index is 1040. The number of rotatable bonds is 9. The molecule has 6 nitrogen and oxygen atoms in total. The molecule has 2 aliphatic rings. The second kappa shape index (κ2) is 8.85. The van der Waals surface area contributed by atoms with Gasteiger partial charge in [-0.25, -0.2) is 0 Å². The lowest BCUT2D eigenvalue weighted by Crippen LogP contribution is -2.50. The van der Waals surface area contributed by atoms with Gasteiger partial charge in [0, 0.05) is 17.5 Å². The zero-order valence-electron chi connectivity index (χ0n) is 18.9. The van der Waals surface area contributed by atoms with Gasteiger partial charge < -0.3 is 19.3 Å². The van der Waals surface area contributed by atoms with Gasteiger partial charge in [0.2, 0.25) is 5.75 Å². The van der Waals surface area contributed by atoms with Crippen LogP contribution in [0.2, 0.25) is 0 Å². The number of ether oxygens (including phenoxy) is 3. The van der Waals surface area contributed by atoms with Gasteiger partial charge in [0.05, 0.1) is 14.2 Å². The Balaban J connectivity index is 1.82. The molecule has 1 fully saturated rings. The van der Waals surface area contributed by atoms with Crippen LogP contribution in [0, 0.1) is 5.41 Å². The lowest BCUT2D eigenvalue weighted by atomic mass is 9.64. The standard InChI is InChI=1S/C26H30O6/c1-4-6-22(26(25(28)29)13-5-14-26)32-23-19(10-12-21(30-2)24(23)31-3)17-7-9-18-16(15-17)8-11-20(18)27/h7,9-10,12,15,22H,4-6,8,11,13-14H2,1-3H3,(H,28,29). The largest absolute Gasteiger partial charge is 0.493 e. The maximum absolute atomic E-state index is 12.2. The van der Waals surface area contributed by atoms with Crippen molar-refractivity contribution in [2.24, 2.45) is 5.41 Å². The quantitative estimate of drug-likeness (QED) is 0.572. The summed E-state index contributed by atoms with van der Waals surface area (Å²) in [5.74, 6) is 0.828. The molecule has 170 valence electrons. The summed E-state index contributed by atoms with van der Waals surface area (Å²) in [6.07, 6.45) is 4.32. The zero-order valence-corrected chi connectivity index (χ0v) is 18.9. The van der Waals surface area contributed by atoms with E-state index >= 15 is 0 Å². The fourth-order valence-electron chi connectivity index (χ4n) is 4.95. The first-order valence-electron chi connectivity index (χ1n) is 11.3. The smallest absolute Gasteiger partial charge is 0.313 e. The van der Waals surface area contributed by atoms with Crippen LogP contribution in [-0.2, 0) is 11.2 Å². The molecule has 2 aromatic carbocycles. The third-order valence-corrected chi connectivity index (χ3v) is 6.94. The normalized spacial score (nSPS) is 17.3. The first-order valence-corrected chi connectivity index (χ1v) is 11.3. The third kappa shape index (κ3) is 3.61. The van der Waals surface area contributed by atoms with Crippen molar-refractivity contribution < 1.29 is 28.9 Å². The summed E-state index contributed by atoms with van der Waals surface area (Å²) in [6.45, 7) is 2.03. The van der Waals surface area contributed by atoms with E-state index in [0.29, 0.717) is 42.9 Å². The van der Waals surface area contributed by atoms with Crippen molar-refractivity contribution in [1.29, 1.82) is 0 Å². The molecule has 2 aliphatic carbocycles. The Kier molecular flexibility index (Phi) is 6.13. The maximum Gasteiger partial charge on any atom is 0.313 e. The average molecular weight is 439 g/mol. The highest BCUT2D eigenvalue weighted by atomic mass is 16.5. The molecular weight excluding hydrogens is 408 g/mol. The number of carboxylic acids is 1. The number of carboxylic acid groups (broad SMARTS) is 1. The first-order chi connectivity index (χ1) is 15.4. The first kappa shape index (κ1) is 22.2. The van der Waals surface area contributed by atoms with Crippen LogP contribution in [0.15, 0.2) is 30.3 Å². The van der Waals surface area contributed by atoms with Crippen molar-refractivity contribution in [2.75, 3.05) is 14.2 Å². The maximum atomic E-state index is 12.2. The highest BCUT2D eigenvalue weighted by molar-refractivity contribution is 6.01. The third-order valence-electron chi connectivity index (χ3n) is 6.94. The number of Topliss-reactive ketones (excluding diaryl/α,β-unsaturated/α-hetero) is 1. The fraction of sp³-hybridized carbons (Fsp3) is 0.462. The van der Waals surface area contributed by atoms with Crippen LogP contribution in [0.25, 0.3) is 11.1 Å². The van der Waals surface area contributed by atoms with Crippen LogP contribution in [-0.4, -0.2) is 37.2 Å². The molecule has 0 spiro atoms. The number of aliphatic carboxylic acids is 1. The Morgan fingerprint density at radius 3 is 2.41 bits per heavy atom. The summed E-state index contributed by atoms with van der Waals surface area (Å²) in [5, 5.41) is 10.0. The molecule has 32 heavy (non-hydrogen) atoms. The molecule has 6 heteroatoms. The molecule has 0 bridgehead atoms. The number of hydrogen-bond acceptors (Lipinski definition) is 5. The van der Waals surface area contributed by atoms with E-state index in [2.05, 4.69) is 0 Å². The minimum Gasteiger partial charge on any atom is -0.493 e. The second-order valence-corrected chi connectivity index (χ2v) is 8.68. The minimum atomic E-state index is -0.883. The van der Waals surface area contributed by atoms with Crippen LogP contribution in [0.4, 0.5) is 0 Å². The van der Waals surface area contributed by atoms with E-state index in [1.807, 2.05) is 37.3 Å². The molecule has 0 amide bonds. The second-order valence-electron chi connectivity index (χ2n) is 8.68. The van der Waals surface area contributed by atoms with Gasteiger partial charge in [0.15, 0.2) is 17.3 Å². The molecule has 2 aromatic rings. The summed E-state index contributed by atoms with van der Waals surface area (Å²) in [5.41, 5.74) is 2.62. The van der Waals surface area contributed by atoms with Crippen molar-refractivity contribution in [1.82, 2.24) is 0 Å². The molecule has 1 atom stereocenters. The highest BCUT2D eigenvalue weighted by Crippen LogP contribution is 2.51. The number of carbonyl (C=O) groups excluding carboxylic acids is 1. The lowest BCUT2D eigenvalue weighted by molar-refractivity contribution is -0.164. The number of aryl methyl sites for hydroxylation is 1. The van der Waals surface area contributed by atoms with Crippen LogP contribution >= 0.6 is 0 Å². The fourth-order valence-corrected chi connectivity index (χ4v) is 4.95. The van der Waals surface area contributed by atoms with Gasteiger partial charge in [-0.15, -0.1) is 0 Å². The molecule has 0 heterocycles. The van der Waals surface area contributed by atoms with E-state index in [-0.39, 0.29) is 5.78 Å². The number of benzene rings is 2. The van der Waals surface area contributed by atoms with Crippen molar-refractivity contribution >= 4 is 11.8 Å². The van der Waals surface area contributed by atoms with Gasteiger partial charge in [-0.2, -0.15) is 0 Å². The molecule has 0 aromatic heterocycles. The molecule has 4 rings (SSSR count). The topological polar surface area (TPSA) is 82.1 Å².